The standard InChI is InChI=1S/C21H22ClN3O.C20H21Cl2FN2O/c22-18-10-14(12-23)7-8-20(18)26-21-17-6-2-1-4-15(17)11-19(21)25-9-3-5-16(24)13-25;21-12-8-17-16(18(22)9-12)10-19(25-7-1-2-14(24)11-25)20(17)26-15-5-3-13(23)4-6-15/h1-2,4,6-8,10,16,19,21H,3,5,9,11,13,24H2;3-6,8-9,14,19-20H,1-2,7,10-11,24H2/t16-,19-,21-;14-,19-,20-/m11/s1. The zero-order valence-corrected chi connectivity index (χ0v) is 31.1. The van der Waals surface area contributed by atoms with E-state index in [2.05, 4.69) is 40.1 Å². The molecule has 4 aromatic carbocycles. The fourth-order valence-corrected chi connectivity index (χ4v) is 9.04. The first-order valence-corrected chi connectivity index (χ1v) is 19.1. The summed E-state index contributed by atoms with van der Waals surface area (Å²) in [6.07, 6.45) is 5.80. The number of ether oxygens (including phenoxy) is 2. The number of piperidine rings is 2. The maximum absolute atomic E-state index is 13.2. The Morgan fingerprint density at radius 1 is 0.731 bits per heavy atom. The third-order valence-electron chi connectivity index (χ3n) is 10.7. The maximum atomic E-state index is 13.2. The molecular weight excluding hydrogens is 720 g/mol. The summed E-state index contributed by atoms with van der Waals surface area (Å²) in [6.45, 7) is 3.78. The van der Waals surface area contributed by atoms with Crippen molar-refractivity contribution in [2.24, 2.45) is 11.5 Å². The Balaban J connectivity index is 0.000000162. The predicted octanol–water partition coefficient (Wildman–Crippen LogP) is 8.28. The number of nitrogens with two attached hydrogens (primary N) is 2. The van der Waals surface area contributed by atoms with Crippen molar-refractivity contribution in [3.8, 4) is 17.6 Å². The highest BCUT2D eigenvalue weighted by Crippen LogP contribution is 2.44. The molecule has 0 bridgehead atoms. The second-order valence-electron chi connectivity index (χ2n) is 14.3. The minimum absolute atomic E-state index is 0.0815. The van der Waals surface area contributed by atoms with Crippen molar-refractivity contribution in [3.05, 3.63) is 128 Å². The Hall–Kier alpha value is -3.39. The molecule has 2 aliphatic carbocycles. The summed E-state index contributed by atoms with van der Waals surface area (Å²) in [5, 5.41) is 10.8. The largest absolute Gasteiger partial charge is 0.484 e. The van der Waals surface area contributed by atoms with Gasteiger partial charge in [-0.3, -0.25) is 9.80 Å². The van der Waals surface area contributed by atoms with E-state index < -0.39 is 0 Å². The number of rotatable bonds is 6. The average molecular weight is 763 g/mol. The number of fused-ring (bicyclic) bond motifs is 2. The fourth-order valence-electron chi connectivity index (χ4n) is 8.22. The molecule has 8 rings (SSSR count). The fraction of sp³-hybridized carbons (Fsp3) is 0.390. The summed E-state index contributed by atoms with van der Waals surface area (Å²) in [6, 6.07) is 26.4. The van der Waals surface area contributed by atoms with Gasteiger partial charge in [0.25, 0.3) is 0 Å². The van der Waals surface area contributed by atoms with Crippen molar-refractivity contribution in [2.45, 2.75) is 74.9 Å². The lowest BCUT2D eigenvalue weighted by molar-refractivity contribution is 0.0592. The van der Waals surface area contributed by atoms with Gasteiger partial charge in [0.1, 0.15) is 29.5 Å². The van der Waals surface area contributed by atoms with Crippen LogP contribution >= 0.6 is 34.8 Å². The number of halogens is 4. The number of benzene rings is 4. The van der Waals surface area contributed by atoms with E-state index in [1.54, 1.807) is 36.4 Å². The van der Waals surface area contributed by atoms with Crippen LogP contribution in [0.15, 0.2) is 78.9 Å². The van der Waals surface area contributed by atoms with E-state index >= 15 is 0 Å². The number of nitriles is 1. The molecule has 2 aliphatic heterocycles. The molecule has 4 aliphatic rings. The summed E-state index contributed by atoms with van der Waals surface area (Å²) in [7, 11) is 0. The Morgan fingerprint density at radius 3 is 2.04 bits per heavy atom. The van der Waals surface area contributed by atoms with Crippen LogP contribution in [0.1, 0.15) is 65.7 Å². The van der Waals surface area contributed by atoms with Gasteiger partial charge < -0.3 is 20.9 Å². The minimum atomic E-state index is -0.284. The normalized spacial score (nSPS) is 25.7. The van der Waals surface area contributed by atoms with Crippen molar-refractivity contribution in [1.82, 2.24) is 9.80 Å². The van der Waals surface area contributed by atoms with Gasteiger partial charge in [0.2, 0.25) is 0 Å². The molecule has 272 valence electrons. The van der Waals surface area contributed by atoms with Crippen LogP contribution in [-0.2, 0) is 12.8 Å². The van der Waals surface area contributed by atoms with Gasteiger partial charge in [-0.2, -0.15) is 5.26 Å². The zero-order valence-electron chi connectivity index (χ0n) is 28.9. The van der Waals surface area contributed by atoms with Crippen LogP contribution in [-0.4, -0.2) is 60.1 Å². The van der Waals surface area contributed by atoms with Crippen molar-refractivity contribution in [2.75, 3.05) is 26.2 Å². The number of nitrogens with zero attached hydrogens (tertiary/aromatic N) is 3. The van der Waals surface area contributed by atoms with Gasteiger partial charge in [0.15, 0.2) is 0 Å². The Kier molecular flexibility index (Phi) is 11.6. The third-order valence-corrected chi connectivity index (χ3v) is 11.6. The summed E-state index contributed by atoms with van der Waals surface area (Å²) >= 11 is 19.1. The van der Waals surface area contributed by atoms with Gasteiger partial charge in [0.05, 0.1) is 28.7 Å². The van der Waals surface area contributed by atoms with E-state index in [0.717, 1.165) is 75.8 Å². The number of hydrogen-bond donors (Lipinski definition) is 2. The number of likely N-dealkylation sites (tertiary alicyclic amines) is 2. The molecule has 52 heavy (non-hydrogen) atoms. The van der Waals surface area contributed by atoms with E-state index in [0.29, 0.717) is 32.1 Å². The van der Waals surface area contributed by atoms with Crippen LogP contribution in [0.4, 0.5) is 4.39 Å². The molecule has 11 heteroatoms. The van der Waals surface area contributed by atoms with Gasteiger partial charge in [-0.25, -0.2) is 4.39 Å². The quantitative estimate of drug-likeness (QED) is 0.204. The molecule has 2 heterocycles. The predicted molar refractivity (Wildman–Crippen MR) is 205 cm³/mol. The molecule has 0 amide bonds. The lowest BCUT2D eigenvalue weighted by atomic mass is 10.0. The van der Waals surface area contributed by atoms with Crippen molar-refractivity contribution in [1.29, 1.82) is 5.26 Å². The Morgan fingerprint density at radius 2 is 1.38 bits per heavy atom. The first kappa shape index (κ1) is 36.9. The highest BCUT2D eigenvalue weighted by molar-refractivity contribution is 6.35. The van der Waals surface area contributed by atoms with Crippen molar-refractivity contribution >= 4 is 34.8 Å². The molecular formula is C41H43Cl3FN5O2. The third kappa shape index (κ3) is 8.22. The van der Waals surface area contributed by atoms with Crippen LogP contribution in [0.3, 0.4) is 0 Å². The highest BCUT2D eigenvalue weighted by atomic mass is 35.5. The molecule has 4 aromatic rings. The SMILES string of the molecule is N#Cc1ccc(O[C@@H]2c3ccccc3C[C@H]2N2CCC[C@@H](N)C2)c(Cl)c1.N[C@@H]1CCCN([C@@H]2Cc3c(Cl)cc(Cl)cc3[C@H]2Oc2ccc(F)cc2)C1. The van der Waals surface area contributed by atoms with Gasteiger partial charge >= 0.3 is 0 Å². The first-order chi connectivity index (χ1) is 25.2. The highest BCUT2D eigenvalue weighted by Gasteiger charge is 2.41. The minimum Gasteiger partial charge on any atom is -0.484 e. The Bertz CT molecular complexity index is 1920. The summed E-state index contributed by atoms with van der Waals surface area (Å²) < 4.78 is 26.0. The molecule has 6 atom stereocenters. The van der Waals surface area contributed by atoms with E-state index in [1.807, 2.05) is 6.07 Å². The second-order valence-corrected chi connectivity index (χ2v) is 15.5. The van der Waals surface area contributed by atoms with Gasteiger partial charge in [-0.05, 0) is 123 Å². The van der Waals surface area contributed by atoms with E-state index in [4.69, 9.17) is 61.0 Å². The Labute approximate surface area is 320 Å². The summed E-state index contributed by atoms with van der Waals surface area (Å²) in [4.78, 5) is 4.86. The van der Waals surface area contributed by atoms with E-state index in [1.165, 1.54) is 23.3 Å². The zero-order chi connectivity index (χ0) is 36.4. The van der Waals surface area contributed by atoms with Crippen LogP contribution in [0.5, 0.6) is 11.5 Å². The van der Waals surface area contributed by atoms with Crippen molar-refractivity contribution < 1.29 is 13.9 Å². The summed E-state index contributed by atoms with van der Waals surface area (Å²) in [5.74, 6) is 0.971. The van der Waals surface area contributed by atoms with E-state index in [-0.39, 0.29) is 42.2 Å². The topological polar surface area (TPSA) is 101 Å². The van der Waals surface area contributed by atoms with Crippen molar-refractivity contribution in [3.63, 3.8) is 0 Å². The van der Waals surface area contributed by atoms with Crippen LogP contribution in [0, 0.1) is 17.1 Å². The average Bonchev–Trinajstić information content (AvgIpc) is 3.69. The van der Waals surface area contributed by atoms with Gasteiger partial charge in [-0.15, -0.1) is 0 Å². The molecule has 0 saturated carbocycles. The van der Waals surface area contributed by atoms with Crippen LogP contribution < -0.4 is 20.9 Å². The molecule has 0 radical (unpaired) electrons. The molecule has 0 unspecified atom stereocenters. The van der Waals surface area contributed by atoms with Gasteiger partial charge in [0, 0.05) is 40.8 Å². The molecule has 7 nitrogen and oxygen atoms in total. The van der Waals surface area contributed by atoms with Crippen LogP contribution in [0.25, 0.3) is 0 Å². The monoisotopic (exact) mass is 761 g/mol. The van der Waals surface area contributed by atoms with Crippen LogP contribution in [0.2, 0.25) is 15.1 Å². The molecule has 0 aromatic heterocycles. The van der Waals surface area contributed by atoms with Gasteiger partial charge in [-0.1, -0.05) is 59.1 Å². The molecule has 0 spiro atoms. The second kappa shape index (κ2) is 16.3. The first-order valence-electron chi connectivity index (χ1n) is 18.0. The molecule has 4 N–H and O–H groups in total. The summed E-state index contributed by atoms with van der Waals surface area (Å²) in [5.41, 5.74) is 17.6. The molecule has 2 saturated heterocycles. The number of hydrogen-bond acceptors (Lipinski definition) is 7. The lowest BCUT2D eigenvalue weighted by Crippen LogP contribution is -2.49. The van der Waals surface area contributed by atoms with E-state index in [9.17, 15) is 4.39 Å². The molecule has 2 fully saturated rings. The smallest absolute Gasteiger partial charge is 0.140 e. The lowest BCUT2D eigenvalue weighted by Gasteiger charge is -2.38. The maximum Gasteiger partial charge on any atom is 0.140 e.